The van der Waals surface area contributed by atoms with E-state index in [0.29, 0.717) is 11.3 Å². The van der Waals surface area contributed by atoms with Crippen LogP contribution in [0.25, 0.3) is 11.1 Å². The van der Waals surface area contributed by atoms with Crippen LogP contribution in [0.1, 0.15) is 17.3 Å². The summed E-state index contributed by atoms with van der Waals surface area (Å²) in [5, 5.41) is 13.4. The molecule has 1 heterocycles. The second kappa shape index (κ2) is 6.63. The Labute approximate surface area is 146 Å². The van der Waals surface area contributed by atoms with E-state index >= 15 is 0 Å². The molecular weight excluding hydrogens is 342 g/mol. The van der Waals surface area contributed by atoms with Crippen molar-refractivity contribution in [2.24, 2.45) is 0 Å². The summed E-state index contributed by atoms with van der Waals surface area (Å²) in [7, 11) is 0. The van der Waals surface area contributed by atoms with E-state index in [1.807, 2.05) is 0 Å². The highest BCUT2D eigenvalue weighted by molar-refractivity contribution is 5.97. The average molecular weight is 355 g/mol. The molecule has 1 amide bonds. The number of non-ortho nitro benzene ring substituents is 1. The molecule has 0 radical (unpaired) electrons. The van der Waals surface area contributed by atoms with Crippen molar-refractivity contribution in [2.45, 2.75) is 13.5 Å². The molecule has 1 N–H and O–H groups in total. The number of nitro benzene ring substituents is 1. The van der Waals surface area contributed by atoms with E-state index < -0.39 is 16.6 Å². The molecule has 9 heteroatoms. The van der Waals surface area contributed by atoms with Gasteiger partial charge in [0.25, 0.3) is 5.69 Å². The van der Waals surface area contributed by atoms with Gasteiger partial charge in [-0.2, -0.15) is 0 Å². The van der Waals surface area contributed by atoms with Crippen LogP contribution in [0.3, 0.4) is 0 Å². The largest absolute Gasteiger partial charge is 0.420 e. The number of nitrogens with one attached hydrogen (secondary N) is 1. The predicted octanol–water partition coefficient (Wildman–Crippen LogP) is 2.34. The van der Waals surface area contributed by atoms with E-state index in [0.717, 1.165) is 10.6 Å². The Morgan fingerprint density at radius 1 is 1.23 bits per heavy atom. The van der Waals surface area contributed by atoms with Crippen LogP contribution >= 0.6 is 0 Å². The second-order valence-corrected chi connectivity index (χ2v) is 5.55. The van der Waals surface area contributed by atoms with Gasteiger partial charge in [-0.25, -0.2) is 4.79 Å². The summed E-state index contributed by atoms with van der Waals surface area (Å²) < 4.78 is 6.04. The van der Waals surface area contributed by atoms with Crippen molar-refractivity contribution in [1.82, 2.24) is 4.57 Å². The first-order valence-electron chi connectivity index (χ1n) is 7.54. The number of fused-ring (bicyclic) bond motifs is 1. The molecule has 0 spiro atoms. The minimum atomic E-state index is -0.798. The number of hydrogen-bond donors (Lipinski definition) is 1. The van der Waals surface area contributed by atoms with Gasteiger partial charge in [0.1, 0.15) is 6.54 Å². The smallest absolute Gasteiger partial charge is 0.407 e. The third-order valence-corrected chi connectivity index (χ3v) is 3.72. The summed E-state index contributed by atoms with van der Waals surface area (Å²) in [6, 6.07) is 10.1. The molecule has 0 saturated heterocycles. The molecule has 2 aromatic carbocycles. The minimum absolute atomic E-state index is 0.0237. The van der Waals surface area contributed by atoms with Gasteiger partial charge < -0.3 is 9.73 Å². The lowest BCUT2D eigenvalue weighted by atomic mass is 10.1. The molecule has 0 aliphatic rings. The van der Waals surface area contributed by atoms with Crippen molar-refractivity contribution in [3.05, 3.63) is 68.7 Å². The highest BCUT2D eigenvalue weighted by Gasteiger charge is 2.16. The first-order valence-corrected chi connectivity index (χ1v) is 7.54. The highest BCUT2D eigenvalue weighted by Crippen LogP contribution is 2.20. The fourth-order valence-corrected chi connectivity index (χ4v) is 2.48. The monoisotopic (exact) mass is 355 g/mol. The molecule has 0 aliphatic heterocycles. The first kappa shape index (κ1) is 17.1. The van der Waals surface area contributed by atoms with Crippen LogP contribution in [0.5, 0.6) is 0 Å². The first-order chi connectivity index (χ1) is 12.3. The van der Waals surface area contributed by atoms with Crippen molar-refractivity contribution in [2.75, 3.05) is 5.32 Å². The van der Waals surface area contributed by atoms with E-state index in [1.54, 1.807) is 18.2 Å². The molecule has 0 bridgehead atoms. The average Bonchev–Trinajstić information content (AvgIpc) is 2.89. The standard InChI is InChI=1S/C17H13N3O6/c1-10(21)11-3-2-4-12(7-11)18-16(22)9-19-14-6-5-13(20(24)25)8-15(14)26-17(19)23/h2-8H,9H2,1H3,(H,18,22). The molecule has 0 aliphatic carbocycles. The number of carbonyl (C=O) groups excluding carboxylic acids is 2. The lowest BCUT2D eigenvalue weighted by Crippen LogP contribution is -2.24. The molecule has 3 rings (SSSR count). The van der Waals surface area contributed by atoms with Gasteiger partial charge in [0.15, 0.2) is 11.4 Å². The Kier molecular flexibility index (Phi) is 4.36. The number of anilines is 1. The van der Waals surface area contributed by atoms with E-state index in [9.17, 15) is 24.5 Å². The quantitative estimate of drug-likeness (QED) is 0.425. The normalized spacial score (nSPS) is 10.7. The Bertz CT molecular complexity index is 1100. The molecule has 0 saturated carbocycles. The number of carbonyl (C=O) groups is 2. The van der Waals surface area contributed by atoms with Gasteiger partial charge in [0, 0.05) is 17.3 Å². The van der Waals surface area contributed by atoms with Gasteiger partial charge >= 0.3 is 5.76 Å². The van der Waals surface area contributed by atoms with E-state index in [2.05, 4.69) is 5.32 Å². The fraction of sp³-hybridized carbons (Fsp3) is 0.118. The summed E-state index contributed by atoms with van der Waals surface area (Å²) in [6.07, 6.45) is 0. The van der Waals surface area contributed by atoms with E-state index in [4.69, 9.17) is 4.42 Å². The van der Waals surface area contributed by atoms with Crippen LogP contribution in [-0.2, 0) is 11.3 Å². The molecule has 9 nitrogen and oxygen atoms in total. The Balaban J connectivity index is 1.84. The molecule has 1 aromatic heterocycles. The summed E-state index contributed by atoms with van der Waals surface area (Å²) in [4.78, 5) is 45.7. The number of ketones is 1. The molecule has 132 valence electrons. The van der Waals surface area contributed by atoms with Crippen LogP contribution in [0.4, 0.5) is 11.4 Å². The van der Waals surface area contributed by atoms with Gasteiger partial charge in [-0.3, -0.25) is 24.3 Å². The highest BCUT2D eigenvalue weighted by atomic mass is 16.6. The summed E-state index contributed by atoms with van der Waals surface area (Å²) >= 11 is 0. The number of oxazole rings is 1. The predicted molar refractivity (Wildman–Crippen MR) is 92.2 cm³/mol. The number of Topliss-reactive ketones (excluding diaryl/α,β-unsaturated/α-hetero) is 1. The Hall–Kier alpha value is -3.75. The van der Waals surface area contributed by atoms with Crippen LogP contribution in [-0.4, -0.2) is 21.2 Å². The van der Waals surface area contributed by atoms with Crippen LogP contribution in [0, 0.1) is 10.1 Å². The van der Waals surface area contributed by atoms with Crippen molar-refractivity contribution >= 4 is 34.2 Å². The third kappa shape index (κ3) is 3.36. The maximum Gasteiger partial charge on any atom is 0.420 e. The number of nitrogens with zero attached hydrogens (tertiary/aromatic N) is 2. The molecule has 0 unspecified atom stereocenters. The molecule has 0 fully saturated rings. The second-order valence-electron chi connectivity index (χ2n) is 5.55. The van der Waals surface area contributed by atoms with Gasteiger partial charge in [-0.1, -0.05) is 12.1 Å². The van der Waals surface area contributed by atoms with Gasteiger partial charge in [-0.15, -0.1) is 0 Å². The lowest BCUT2D eigenvalue weighted by molar-refractivity contribution is -0.384. The number of benzene rings is 2. The zero-order valence-electron chi connectivity index (χ0n) is 13.6. The van der Waals surface area contributed by atoms with Gasteiger partial charge in [-0.05, 0) is 25.1 Å². The van der Waals surface area contributed by atoms with Crippen LogP contribution in [0.2, 0.25) is 0 Å². The molecule has 26 heavy (non-hydrogen) atoms. The molecule has 0 atom stereocenters. The van der Waals surface area contributed by atoms with E-state index in [1.165, 1.54) is 25.1 Å². The zero-order valence-corrected chi connectivity index (χ0v) is 13.6. The number of aromatic nitrogens is 1. The number of nitro groups is 1. The SMILES string of the molecule is CC(=O)c1cccc(NC(=O)Cn2c(=O)oc3cc([N+](=O)[O-])ccc32)c1. The van der Waals surface area contributed by atoms with Gasteiger partial charge in [0.2, 0.25) is 5.91 Å². The maximum absolute atomic E-state index is 12.2. The molecular formula is C17H13N3O6. The van der Waals surface area contributed by atoms with Crippen molar-refractivity contribution < 1.29 is 18.9 Å². The number of rotatable bonds is 5. The number of amides is 1. The Morgan fingerprint density at radius 3 is 2.69 bits per heavy atom. The van der Waals surface area contributed by atoms with E-state index in [-0.39, 0.29) is 29.1 Å². The number of hydrogen-bond acceptors (Lipinski definition) is 6. The lowest BCUT2D eigenvalue weighted by Gasteiger charge is -2.07. The third-order valence-electron chi connectivity index (χ3n) is 3.72. The Morgan fingerprint density at radius 2 is 2.00 bits per heavy atom. The van der Waals surface area contributed by atoms with Crippen LogP contribution in [0.15, 0.2) is 51.7 Å². The minimum Gasteiger partial charge on any atom is -0.407 e. The van der Waals surface area contributed by atoms with Crippen molar-refractivity contribution in [3.63, 3.8) is 0 Å². The van der Waals surface area contributed by atoms with Gasteiger partial charge in [0.05, 0.1) is 16.5 Å². The fourth-order valence-electron chi connectivity index (χ4n) is 2.48. The summed E-state index contributed by atoms with van der Waals surface area (Å²) in [6.45, 7) is 1.07. The summed E-state index contributed by atoms with van der Waals surface area (Å²) in [5.41, 5.74) is 0.938. The molecule has 3 aromatic rings. The van der Waals surface area contributed by atoms with Crippen molar-refractivity contribution in [1.29, 1.82) is 0 Å². The summed E-state index contributed by atoms with van der Waals surface area (Å²) in [5.74, 6) is -1.44. The maximum atomic E-state index is 12.2. The van der Waals surface area contributed by atoms with Crippen LogP contribution < -0.4 is 11.1 Å². The van der Waals surface area contributed by atoms with Crippen molar-refractivity contribution in [3.8, 4) is 0 Å². The zero-order chi connectivity index (χ0) is 18.8. The topological polar surface area (TPSA) is 124 Å².